The molecule has 0 bridgehead atoms. The van der Waals surface area contributed by atoms with Crippen LogP contribution in [0, 0.1) is 5.82 Å². The van der Waals surface area contributed by atoms with Crippen molar-refractivity contribution in [2.24, 2.45) is 0 Å². The summed E-state index contributed by atoms with van der Waals surface area (Å²) in [4.78, 5) is 30.3. The second-order valence-corrected chi connectivity index (χ2v) is 6.15. The van der Waals surface area contributed by atoms with Crippen LogP contribution in [0.15, 0.2) is 30.5 Å². The van der Waals surface area contributed by atoms with Crippen molar-refractivity contribution in [1.29, 1.82) is 0 Å². The first-order chi connectivity index (χ1) is 12.0. The molecule has 3 rings (SSSR count). The molecule has 2 amide bonds. The molecule has 0 radical (unpaired) electrons. The molecule has 2 atom stereocenters. The van der Waals surface area contributed by atoms with Crippen molar-refractivity contribution in [3.63, 3.8) is 0 Å². The van der Waals surface area contributed by atoms with E-state index in [1.807, 2.05) is 0 Å². The molecule has 0 unspecified atom stereocenters. The van der Waals surface area contributed by atoms with Crippen LogP contribution in [0.2, 0.25) is 0 Å². The Balaban J connectivity index is 1.69. The summed E-state index contributed by atoms with van der Waals surface area (Å²) in [6, 6.07) is 6.07. The minimum atomic E-state index is -0.609. The molecule has 0 saturated carbocycles. The maximum absolute atomic E-state index is 14.2. The monoisotopic (exact) mass is 345 g/mol. The number of likely N-dealkylation sites (tertiary alicyclic amines) is 1. The van der Waals surface area contributed by atoms with Crippen LogP contribution in [-0.2, 0) is 9.53 Å². The van der Waals surface area contributed by atoms with Crippen LogP contribution in [-0.4, -0.2) is 54.0 Å². The Morgan fingerprint density at radius 1 is 1.44 bits per heavy atom. The number of hydrogen-bond donors (Lipinski definition) is 1. The van der Waals surface area contributed by atoms with Crippen molar-refractivity contribution in [1.82, 2.24) is 15.2 Å². The van der Waals surface area contributed by atoms with Crippen molar-refractivity contribution in [2.45, 2.75) is 25.5 Å². The molecule has 1 aliphatic heterocycles. The van der Waals surface area contributed by atoms with Crippen LogP contribution < -0.4 is 5.32 Å². The van der Waals surface area contributed by atoms with Gasteiger partial charge in [0.05, 0.1) is 11.1 Å². The number of methoxy groups -OCH3 is 1. The summed E-state index contributed by atoms with van der Waals surface area (Å²) in [5, 5.41) is 3.51. The lowest BCUT2D eigenvalue weighted by atomic mass is 10.1. The SMILES string of the molecule is CO[C@H](C)C(=O)N1CC[C@@H](NC(=O)c2cc3cccnc3cc2F)C1. The van der Waals surface area contributed by atoms with Crippen LogP contribution in [0.25, 0.3) is 10.9 Å². The van der Waals surface area contributed by atoms with Gasteiger partial charge in [-0.2, -0.15) is 0 Å². The van der Waals surface area contributed by atoms with Gasteiger partial charge in [0.1, 0.15) is 11.9 Å². The number of amides is 2. The molecule has 1 aromatic carbocycles. The zero-order valence-electron chi connectivity index (χ0n) is 14.2. The highest BCUT2D eigenvalue weighted by Crippen LogP contribution is 2.18. The van der Waals surface area contributed by atoms with Gasteiger partial charge in [-0.1, -0.05) is 6.07 Å². The largest absolute Gasteiger partial charge is 0.372 e. The zero-order valence-corrected chi connectivity index (χ0v) is 14.2. The molecule has 0 aliphatic carbocycles. The highest BCUT2D eigenvalue weighted by atomic mass is 19.1. The lowest BCUT2D eigenvalue weighted by molar-refractivity contribution is -0.139. The molecule has 1 aromatic heterocycles. The molecule has 1 aliphatic rings. The Morgan fingerprint density at radius 2 is 2.24 bits per heavy atom. The third-order valence-electron chi connectivity index (χ3n) is 4.47. The number of halogens is 1. The van der Waals surface area contributed by atoms with Crippen LogP contribution in [0.4, 0.5) is 4.39 Å². The molecule has 1 saturated heterocycles. The number of hydrogen-bond acceptors (Lipinski definition) is 4. The Morgan fingerprint density at radius 3 is 3.00 bits per heavy atom. The number of aromatic nitrogens is 1. The van der Waals surface area contributed by atoms with E-state index in [-0.39, 0.29) is 17.5 Å². The van der Waals surface area contributed by atoms with Gasteiger partial charge >= 0.3 is 0 Å². The van der Waals surface area contributed by atoms with E-state index >= 15 is 0 Å². The summed E-state index contributed by atoms with van der Waals surface area (Å²) >= 11 is 0. The van der Waals surface area contributed by atoms with E-state index in [9.17, 15) is 14.0 Å². The fourth-order valence-corrected chi connectivity index (χ4v) is 2.97. The Labute approximate surface area is 145 Å². The van der Waals surface area contributed by atoms with Crippen molar-refractivity contribution >= 4 is 22.7 Å². The van der Waals surface area contributed by atoms with E-state index in [0.29, 0.717) is 30.4 Å². The maximum Gasteiger partial charge on any atom is 0.254 e. The molecule has 25 heavy (non-hydrogen) atoms. The minimum Gasteiger partial charge on any atom is -0.372 e. The van der Waals surface area contributed by atoms with Crippen LogP contribution in [0.1, 0.15) is 23.7 Å². The highest BCUT2D eigenvalue weighted by molar-refractivity contribution is 5.98. The molecular weight excluding hydrogens is 325 g/mol. The molecule has 1 N–H and O–H groups in total. The summed E-state index contributed by atoms with van der Waals surface area (Å²) in [6.07, 6.45) is 1.69. The number of carbonyl (C=O) groups excluding carboxylic acids is 2. The lowest BCUT2D eigenvalue weighted by Gasteiger charge is -2.20. The lowest BCUT2D eigenvalue weighted by Crippen LogP contribution is -2.41. The third kappa shape index (κ3) is 3.61. The number of pyridine rings is 1. The molecule has 7 heteroatoms. The van der Waals surface area contributed by atoms with E-state index in [1.165, 1.54) is 19.2 Å². The second-order valence-electron chi connectivity index (χ2n) is 6.15. The molecule has 1 fully saturated rings. The van der Waals surface area contributed by atoms with Crippen LogP contribution >= 0.6 is 0 Å². The first-order valence-electron chi connectivity index (χ1n) is 8.16. The van der Waals surface area contributed by atoms with Crippen LogP contribution in [0.3, 0.4) is 0 Å². The molecular formula is C18H20FN3O3. The van der Waals surface area contributed by atoms with Gasteiger partial charge in [-0.15, -0.1) is 0 Å². The second kappa shape index (κ2) is 7.14. The van der Waals surface area contributed by atoms with Gasteiger partial charge in [0.2, 0.25) is 0 Å². The summed E-state index contributed by atoms with van der Waals surface area (Å²) < 4.78 is 19.3. The fourth-order valence-electron chi connectivity index (χ4n) is 2.97. The number of fused-ring (bicyclic) bond motifs is 1. The smallest absolute Gasteiger partial charge is 0.254 e. The van der Waals surface area contributed by atoms with E-state index in [4.69, 9.17) is 4.74 Å². The molecule has 0 spiro atoms. The van der Waals surface area contributed by atoms with E-state index in [0.717, 1.165) is 0 Å². The summed E-state index contributed by atoms with van der Waals surface area (Å²) in [5.74, 6) is -1.20. The number of nitrogens with one attached hydrogen (secondary N) is 1. The van der Waals surface area contributed by atoms with Gasteiger partial charge in [-0.05, 0) is 25.5 Å². The first-order valence-corrected chi connectivity index (χ1v) is 8.16. The Bertz CT molecular complexity index is 811. The number of benzene rings is 1. The Hall–Kier alpha value is -2.54. The molecule has 2 heterocycles. The van der Waals surface area contributed by atoms with Gasteiger partial charge in [-0.25, -0.2) is 4.39 Å². The zero-order chi connectivity index (χ0) is 18.0. The average Bonchev–Trinajstić information content (AvgIpc) is 3.08. The van der Waals surface area contributed by atoms with Crippen molar-refractivity contribution in [3.8, 4) is 0 Å². The van der Waals surface area contributed by atoms with Crippen molar-refractivity contribution < 1.29 is 18.7 Å². The average molecular weight is 345 g/mol. The highest BCUT2D eigenvalue weighted by Gasteiger charge is 2.30. The molecule has 132 valence electrons. The Kier molecular flexibility index (Phi) is 4.94. The van der Waals surface area contributed by atoms with Crippen molar-refractivity contribution in [2.75, 3.05) is 20.2 Å². The van der Waals surface area contributed by atoms with E-state index in [2.05, 4.69) is 10.3 Å². The van der Waals surface area contributed by atoms with E-state index in [1.54, 1.807) is 30.2 Å². The summed E-state index contributed by atoms with van der Waals surface area (Å²) in [5.41, 5.74) is 0.485. The van der Waals surface area contributed by atoms with Crippen LogP contribution in [0.5, 0.6) is 0 Å². The van der Waals surface area contributed by atoms with Gasteiger partial charge < -0.3 is 15.0 Å². The molecule has 6 nitrogen and oxygen atoms in total. The fraction of sp³-hybridized carbons (Fsp3) is 0.389. The van der Waals surface area contributed by atoms with Crippen molar-refractivity contribution in [3.05, 3.63) is 41.8 Å². The molecule has 2 aromatic rings. The quantitative estimate of drug-likeness (QED) is 0.916. The van der Waals surface area contributed by atoms with Gasteiger partial charge in [0.25, 0.3) is 11.8 Å². The topological polar surface area (TPSA) is 71.5 Å². The first kappa shape index (κ1) is 17.3. The van der Waals surface area contributed by atoms with Gasteiger partial charge in [0.15, 0.2) is 0 Å². The standard InChI is InChI=1S/C18H20FN3O3/c1-11(25-2)18(24)22-7-5-13(10-22)21-17(23)14-8-12-4-3-6-20-16(12)9-15(14)19/h3-4,6,8-9,11,13H,5,7,10H2,1-2H3,(H,21,23)/t11-,13-/m1/s1. The van der Waals surface area contributed by atoms with Gasteiger partial charge in [-0.3, -0.25) is 14.6 Å². The van der Waals surface area contributed by atoms with E-state index < -0.39 is 17.8 Å². The maximum atomic E-state index is 14.2. The number of ether oxygens (including phenoxy) is 1. The third-order valence-corrected chi connectivity index (χ3v) is 4.47. The number of carbonyl (C=O) groups is 2. The minimum absolute atomic E-state index is 0.0180. The number of rotatable bonds is 4. The predicted molar refractivity (Wildman–Crippen MR) is 90.6 cm³/mol. The summed E-state index contributed by atoms with van der Waals surface area (Å²) in [6.45, 7) is 2.63. The van der Waals surface area contributed by atoms with Gasteiger partial charge in [0, 0.05) is 43.9 Å². The summed E-state index contributed by atoms with van der Waals surface area (Å²) in [7, 11) is 1.48. The predicted octanol–water partition coefficient (Wildman–Crippen LogP) is 1.74. The number of nitrogens with zero attached hydrogens (tertiary/aromatic N) is 2. The normalized spacial score (nSPS) is 18.4.